The number of alkyl halides is 3. The number of hydrogen-bond acceptors (Lipinski definition) is 5. The molecule has 3 aromatic heterocycles. The Balaban J connectivity index is 1.80. The predicted octanol–water partition coefficient (Wildman–Crippen LogP) is 1.85. The molecule has 0 radical (unpaired) electrons. The van der Waals surface area contributed by atoms with Crippen LogP contribution in [0.25, 0.3) is 0 Å². The van der Waals surface area contributed by atoms with Crippen molar-refractivity contribution in [2.24, 2.45) is 21.1 Å². The zero-order chi connectivity index (χ0) is 22.2. The van der Waals surface area contributed by atoms with E-state index in [1.54, 1.807) is 24.1 Å². The number of nitrogens with zero attached hydrogens (tertiary/aromatic N) is 6. The third kappa shape index (κ3) is 4.22. The van der Waals surface area contributed by atoms with Crippen LogP contribution in [0, 0.1) is 0 Å². The Labute approximate surface area is 176 Å². The van der Waals surface area contributed by atoms with Gasteiger partial charge in [0.2, 0.25) is 0 Å². The molecule has 0 aromatic carbocycles. The minimum absolute atomic E-state index is 0.0235. The van der Waals surface area contributed by atoms with Crippen molar-refractivity contribution in [3.63, 3.8) is 0 Å². The summed E-state index contributed by atoms with van der Waals surface area (Å²) in [7, 11) is 4.30. The van der Waals surface area contributed by atoms with Gasteiger partial charge in [-0.15, -0.1) is 0 Å². The molecule has 0 aliphatic heterocycles. The molecule has 0 aliphatic carbocycles. The lowest BCUT2D eigenvalue weighted by molar-refractivity contribution is -0.144. The Bertz CT molecular complexity index is 1110. The van der Waals surface area contributed by atoms with E-state index >= 15 is 0 Å². The molecule has 0 atom stereocenters. The smallest absolute Gasteiger partial charge is 0.346 e. The van der Waals surface area contributed by atoms with Crippen LogP contribution in [0.4, 0.5) is 18.9 Å². The van der Waals surface area contributed by atoms with Crippen LogP contribution in [-0.2, 0) is 33.9 Å². The average Bonchev–Trinajstić information content (AvgIpc) is 3.30. The second-order valence-electron chi connectivity index (χ2n) is 6.32. The van der Waals surface area contributed by atoms with Gasteiger partial charge in [0, 0.05) is 39.4 Å². The van der Waals surface area contributed by atoms with Crippen LogP contribution in [0.2, 0.25) is 0 Å². The van der Waals surface area contributed by atoms with E-state index in [9.17, 15) is 22.8 Å². The largest absolute Gasteiger partial charge is 0.434 e. The molecule has 3 heterocycles. The van der Waals surface area contributed by atoms with Crippen molar-refractivity contribution in [3.05, 3.63) is 45.7 Å². The summed E-state index contributed by atoms with van der Waals surface area (Å²) in [6, 6.07) is 0. The van der Waals surface area contributed by atoms with Gasteiger partial charge in [-0.1, -0.05) is 0 Å². The van der Waals surface area contributed by atoms with Gasteiger partial charge >= 0.3 is 6.18 Å². The zero-order valence-corrected chi connectivity index (χ0v) is 17.5. The van der Waals surface area contributed by atoms with Crippen molar-refractivity contribution in [3.8, 4) is 0 Å². The summed E-state index contributed by atoms with van der Waals surface area (Å²) in [6.07, 6.45) is -0.171. The Morgan fingerprint density at radius 2 is 1.80 bits per heavy atom. The van der Waals surface area contributed by atoms with Crippen LogP contribution in [0.15, 0.2) is 23.1 Å². The second-order valence-corrected chi connectivity index (χ2v) is 7.12. The van der Waals surface area contributed by atoms with Crippen molar-refractivity contribution >= 4 is 33.4 Å². The molecule has 0 aliphatic rings. The van der Waals surface area contributed by atoms with Gasteiger partial charge in [-0.05, 0) is 15.9 Å². The first kappa shape index (κ1) is 21.5. The molecule has 2 N–H and O–H groups in total. The monoisotopic (exact) mass is 488 g/mol. The maximum atomic E-state index is 13.1. The lowest BCUT2D eigenvalue weighted by atomic mass is 10.3. The number of hydrogen-bond donors (Lipinski definition) is 2. The Morgan fingerprint density at radius 1 is 1.10 bits per heavy atom. The van der Waals surface area contributed by atoms with Gasteiger partial charge in [-0.25, -0.2) is 0 Å². The number of aryl methyl sites for hydroxylation is 3. The molecule has 3 rings (SSSR count). The fourth-order valence-corrected chi connectivity index (χ4v) is 3.50. The SMILES string of the molecule is Cn1cc(CNC(=O)c2c(NC(=O)c3nn(C)c(C(F)(F)F)c3Br)cnn2C)cn1. The third-order valence-corrected chi connectivity index (χ3v) is 4.84. The first-order valence-corrected chi connectivity index (χ1v) is 9.17. The topological polar surface area (TPSA) is 112 Å². The molecule has 0 bridgehead atoms. The summed E-state index contributed by atoms with van der Waals surface area (Å²) < 4.78 is 42.2. The highest BCUT2D eigenvalue weighted by atomic mass is 79.9. The minimum atomic E-state index is -4.70. The Morgan fingerprint density at radius 3 is 2.37 bits per heavy atom. The summed E-state index contributed by atoms with van der Waals surface area (Å²) >= 11 is 2.79. The van der Waals surface area contributed by atoms with Crippen LogP contribution in [0.3, 0.4) is 0 Å². The van der Waals surface area contributed by atoms with Gasteiger partial charge in [0.05, 0.1) is 22.6 Å². The van der Waals surface area contributed by atoms with Crippen molar-refractivity contribution in [2.75, 3.05) is 5.32 Å². The quantitative estimate of drug-likeness (QED) is 0.569. The number of rotatable bonds is 5. The lowest BCUT2D eigenvalue weighted by Crippen LogP contribution is -2.26. The maximum absolute atomic E-state index is 13.1. The summed E-state index contributed by atoms with van der Waals surface area (Å²) in [5, 5.41) is 16.6. The standard InChI is InChI=1S/C16H16BrF3N8O2/c1-26-7-8(5-22-26)4-21-15(30)12-9(6-23-27(12)2)24-14(29)11-10(17)13(16(18,19)20)28(3)25-11/h5-7H,4H2,1-3H3,(H,21,30)(H,24,29). The van der Waals surface area contributed by atoms with Gasteiger partial charge in [0.1, 0.15) is 5.69 Å². The Hall–Kier alpha value is -3.16. The van der Waals surface area contributed by atoms with E-state index in [2.05, 4.69) is 41.9 Å². The molecule has 0 saturated heterocycles. The third-order valence-electron chi connectivity index (χ3n) is 4.09. The van der Waals surface area contributed by atoms with Crippen molar-refractivity contribution in [1.29, 1.82) is 0 Å². The number of halogens is 4. The molecule has 0 saturated carbocycles. The fraction of sp³-hybridized carbons (Fsp3) is 0.312. The van der Waals surface area contributed by atoms with Gasteiger partial charge in [-0.3, -0.25) is 23.6 Å². The van der Waals surface area contributed by atoms with E-state index in [0.717, 1.165) is 12.6 Å². The van der Waals surface area contributed by atoms with Crippen LogP contribution in [-0.4, -0.2) is 41.2 Å². The van der Waals surface area contributed by atoms with Crippen LogP contribution < -0.4 is 10.6 Å². The van der Waals surface area contributed by atoms with Gasteiger partial charge < -0.3 is 10.6 Å². The van der Waals surface area contributed by atoms with E-state index in [0.29, 0.717) is 4.68 Å². The predicted molar refractivity (Wildman–Crippen MR) is 101 cm³/mol. The molecule has 160 valence electrons. The number of amides is 2. The molecule has 0 fully saturated rings. The van der Waals surface area contributed by atoms with Crippen molar-refractivity contribution < 1.29 is 22.8 Å². The first-order chi connectivity index (χ1) is 14.0. The molecule has 14 heteroatoms. The molecule has 0 spiro atoms. The van der Waals surface area contributed by atoms with Gasteiger partial charge in [0.15, 0.2) is 11.4 Å². The van der Waals surface area contributed by atoms with Crippen LogP contribution in [0.1, 0.15) is 32.2 Å². The summed E-state index contributed by atoms with van der Waals surface area (Å²) in [6.45, 7) is 0.186. The number of nitrogens with one attached hydrogen (secondary N) is 2. The molecule has 2 amide bonds. The van der Waals surface area contributed by atoms with E-state index in [1.165, 1.54) is 17.9 Å². The van der Waals surface area contributed by atoms with E-state index in [4.69, 9.17) is 0 Å². The van der Waals surface area contributed by atoms with Crippen molar-refractivity contribution in [1.82, 2.24) is 34.7 Å². The molecular formula is C16H16BrF3N8O2. The van der Waals surface area contributed by atoms with Crippen molar-refractivity contribution in [2.45, 2.75) is 12.7 Å². The number of carbonyl (C=O) groups excluding carboxylic acids is 2. The minimum Gasteiger partial charge on any atom is -0.346 e. The summed E-state index contributed by atoms with van der Waals surface area (Å²) in [4.78, 5) is 25.1. The number of aromatic nitrogens is 6. The molecule has 10 nitrogen and oxygen atoms in total. The highest BCUT2D eigenvalue weighted by molar-refractivity contribution is 9.10. The highest BCUT2D eigenvalue weighted by Gasteiger charge is 2.39. The van der Waals surface area contributed by atoms with Crippen LogP contribution >= 0.6 is 15.9 Å². The van der Waals surface area contributed by atoms with Gasteiger partial charge in [-0.2, -0.15) is 28.5 Å². The molecule has 0 unspecified atom stereocenters. The summed E-state index contributed by atoms with van der Waals surface area (Å²) in [5.41, 5.74) is -0.771. The fourth-order valence-electron chi connectivity index (χ4n) is 2.76. The normalized spacial score (nSPS) is 11.6. The van der Waals surface area contributed by atoms with E-state index in [1.807, 2.05) is 0 Å². The first-order valence-electron chi connectivity index (χ1n) is 8.37. The van der Waals surface area contributed by atoms with Gasteiger partial charge in [0.25, 0.3) is 11.8 Å². The number of carbonyl (C=O) groups is 2. The maximum Gasteiger partial charge on any atom is 0.434 e. The molecule has 30 heavy (non-hydrogen) atoms. The second kappa shape index (κ2) is 7.93. The molecule has 3 aromatic rings. The average molecular weight is 489 g/mol. The zero-order valence-electron chi connectivity index (χ0n) is 16.0. The highest BCUT2D eigenvalue weighted by Crippen LogP contribution is 2.36. The summed E-state index contributed by atoms with van der Waals surface area (Å²) in [5.74, 6) is -1.47. The van der Waals surface area contributed by atoms with Crippen LogP contribution in [0.5, 0.6) is 0 Å². The molecular weight excluding hydrogens is 473 g/mol. The number of anilines is 1. The van der Waals surface area contributed by atoms with E-state index < -0.39 is 33.9 Å². The van der Waals surface area contributed by atoms with E-state index in [-0.39, 0.29) is 17.9 Å². The Kier molecular flexibility index (Phi) is 5.70. The lowest BCUT2D eigenvalue weighted by Gasteiger charge is -2.08.